The smallest absolute Gasteiger partial charge is 0.223 e. The molecule has 4 heteroatoms. The van der Waals surface area contributed by atoms with Crippen molar-refractivity contribution in [3.05, 3.63) is 14.7 Å². The maximum Gasteiger partial charge on any atom is 0.223 e. The quantitative estimate of drug-likeness (QED) is 0.821. The number of nitrogens with zero attached hydrogens (tertiary/aromatic N) is 1. The second kappa shape index (κ2) is 4.53. The van der Waals surface area contributed by atoms with E-state index in [4.69, 9.17) is 18.0 Å². The van der Waals surface area contributed by atoms with Gasteiger partial charge in [0.05, 0.1) is 5.69 Å². The average molecular weight is 240 g/mol. The van der Waals surface area contributed by atoms with Gasteiger partial charge in [0.15, 0.2) is 0 Å². The van der Waals surface area contributed by atoms with Crippen LogP contribution in [0.15, 0.2) is 4.79 Å². The van der Waals surface area contributed by atoms with Crippen molar-refractivity contribution in [2.45, 2.75) is 33.6 Å². The second-order valence-electron chi connectivity index (χ2n) is 5.51. The minimum Gasteiger partial charge on any atom is -0.394 e. The minimum absolute atomic E-state index is 0.173. The highest BCUT2D eigenvalue weighted by atomic mass is 32.1. The summed E-state index contributed by atoms with van der Waals surface area (Å²) < 4.78 is 0.385. The fourth-order valence-corrected chi connectivity index (χ4v) is 2.11. The minimum atomic E-state index is -0.173. The molecule has 1 aromatic rings. The Labute approximate surface area is 102 Å². The number of rotatable bonds is 4. The van der Waals surface area contributed by atoms with E-state index in [1.165, 1.54) is 0 Å². The summed E-state index contributed by atoms with van der Waals surface area (Å²) in [5.41, 5.74) is 6.87. The monoisotopic (exact) mass is 240 g/mol. The van der Waals surface area contributed by atoms with E-state index in [9.17, 15) is 4.79 Å². The molecule has 0 amide bonds. The van der Waals surface area contributed by atoms with E-state index in [0.29, 0.717) is 15.6 Å². The van der Waals surface area contributed by atoms with Crippen LogP contribution >= 0.6 is 12.2 Å². The molecular formula is C12H20N2OS. The number of anilines is 2. The summed E-state index contributed by atoms with van der Waals surface area (Å²) in [6, 6.07) is 0. The molecular weight excluding hydrogens is 220 g/mol. The third-order valence-electron chi connectivity index (χ3n) is 2.72. The lowest BCUT2D eigenvalue weighted by atomic mass is 9.90. The van der Waals surface area contributed by atoms with Crippen molar-refractivity contribution in [1.29, 1.82) is 0 Å². The van der Waals surface area contributed by atoms with Crippen LogP contribution in [-0.2, 0) is 0 Å². The molecule has 0 saturated heterocycles. The first-order valence-corrected chi connectivity index (χ1v) is 5.95. The number of nitrogen functional groups attached to an aromatic ring is 1. The first-order valence-electron chi connectivity index (χ1n) is 5.54. The molecule has 0 spiro atoms. The molecule has 0 saturated carbocycles. The number of hydrogen-bond acceptors (Lipinski definition) is 4. The molecule has 1 rings (SSSR count). The van der Waals surface area contributed by atoms with Gasteiger partial charge in [-0.1, -0.05) is 33.0 Å². The Morgan fingerprint density at radius 3 is 2.38 bits per heavy atom. The van der Waals surface area contributed by atoms with Gasteiger partial charge >= 0.3 is 0 Å². The Bertz CT molecular complexity index is 438. The van der Waals surface area contributed by atoms with Gasteiger partial charge in [-0.2, -0.15) is 0 Å². The van der Waals surface area contributed by atoms with Crippen molar-refractivity contribution in [2.75, 3.05) is 24.2 Å². The van der Waals surface area contributed by atoms with Gasteiger partial charge in [-0.05, 0) is 18.3 Å². The highest BCUT2D eigenvalue weighted by Gasteiger charge is 2.18. The normalized spacial score (nSPS) is 12.0. The highest BCUT2D eigenvalue weighted by molar-refractivity contribution is 7.71. The maximum absolute atomic E-state index is 11.2. The molecule has 2 N–H and O–H groups in total. The van der Waals surface area contributed by atoms with E-state index >= 15 is 0 Å². The van der Waals surface area contributed by atoms with E-state index in [2.05, 4.69) is 20.8 Å². The number of hydrogen-bond donors (Lipinski definition) is 1. The predicted octanol–water partition coefficient (Wildman–Crippen LogP) is 2.50. The van der Waals surface area contributed by atoms with E-state index in [1.54, 1.807) is 0 Å². The average Bonchev–Trinajstić information content (AvgIpc) is 2.15. The molecule has 16 heavy (non-hydrogen) atoms. The fraction of sp³-hybridized carbons (Fsp3) is 0.667. The fourth-order valence-electron chi connectivity index (χ4n) is 1.73. The van der Waals surface area contributed by atoms with Crippen molar-refractivity contribution < 1.29 is 0 Å². The highest BCUT2D eigenvalue weighted by Crippen LogP contribution is 2.25. The first-order chi connectivity index (χ1) is 7.24. The van der Waals surface area contributed by atoms with Crippen molar-refractivity contribution in [1.82, 2.24) is 0 Å². The van der Waals surface area contributed by atoms with Gasteiger partial charge in [-0.25, -0.2) is 0 Å². The van der Waals surface area contributed by atoms with Gasteiger partial charge in [0.1, 0.15) is 10.2 Å². The van der Waals surface area contributed by atoms with Gasteiger partial charge in [0.2, 0.25) is 5.43 Å². The van der Waals surface area contributed by atoms with Gasteiger partial charge in [0, 0.05) is 13.6 Å². The van der Waals surface area contributed by atoms with Crippen LogP contribution in [-0.4, -0.2) is 13.6 Å². The van der Waals surface area contributed by atoms with Crippen molar-refractivity contribution >= 4 is 23.6 Å². The lowest BCUT2D eigenvalue weighted by Gasteiger charge is -2.25. The van der Waals surface area contributed by atoms with Crippen molar-refractivity contribution in [2.24, 2.45) is 5.41 Å². The van der Waals surface area contributed by atoms with E-state index in [0.717, 1.165) is 25.1 Å². The molecule has 0 aliphatic rings. The Morgan fingerprint density at radius 2 is 1.94 bits per heavy atom. The predicted molar refractivity (Wildman–Crippen MR) is 72.3 cm³/mol. The van der Waals surface area contributed by atoms with Crippen LogP contribution in [0.25, 0.3) is 0 Å². The van der Waals surface area contributed by atoms with Crippen LogP contribution in [0, 0.1) is 9.93 Å². The summed E-state index contributed by atoms with van der Waals surface area (Å²) in [6.45, 7) is 7.55. The third kappa shape index (κ3) is 2.82. The third-order valence-corrected chi connectivity index (χ3v) is 3.10. The molecule has 0 aliphatic heterocycles. The summed E-state index contributed by atoms with van der Waals surface area (Å²) in [6.07, 6.45) is 2.22. The van der Waals surface area contributed by atoms with Gasteiger partial charge in [0.25, 0.3) is 0 Å². The largest absolute Gasteiger partial charge is 0.394 e. The summed E-state index contributed by atoms with van der Waals surface area (Å²) in [4.78, 5) is 13.1. The molecule has 1 aromatic carbocycles. The molecule has 3 nitrogen and oxygen atoms in total. The summed E-state index contributed by atoms with van der Waals surface area (Å²) in [5.74, 6) is 0. The molecule has 0 heterocycles. The second-order valence-corrected chi connectivity index (χ2v) is 5.91. The van der Waals surface area contributed by atoms with E-state index in [-0.39, 0.29) is 5.43 Å². The van der Waals surface area contributed by atoms with Crippen LogP contribution in [0.5, 0.6) is 0 Å². The summed E-state index contributed by atoms with van der Waals surface area (Å²) in [5, 5.41) is 0. The van der Waals surface area contributed by atoms with Gasteiger partial charge in [-0.3, -0.25) is 4.79 Å². The standard InChI is InChI=1S/C12H20N2OS/c1-12(2,3)6-5-7-14(4)9-8(13)10(15)11(9)16/h5-7,13H2,1-4H3. The van der Waals surface area contributed by atoms with Crippen molar-refractivity contribution in [3.63, 3.8) is 0 Å². The zero-order valence-electron chi connectivity index (χ0n) is 10.5. The molecule has 0 fully saturated rings. The van der Waals surface area contributed by atoms with Crippen LogP contribution in [0.2, 0.25) is 0 Å². The Hall–Kier alpha value is -0.900. The lowest BCUT2D eigenvalue weighted by molar-refractivity contribution is 0.367. The number of nitrogens with two attached hydrogens (primary N) is 1. The molecule has 90 valence electrons. The zero-order valence-corrected chi connectivity index (χ0v) is 11.3. The van der Waals surface area contributed by atoms with Crippen LogP contribution in [0.1, 0.15) is 33.6 Å². The van der Waals surface area contributed by atoms with Crippen LogP contribution in [0.4, 0.5) is 11.4 Å². The van der Waals surface area contributed by atoms with Crippen LogP contribution in [0.3, 0.4) is 0 Å². The maximum atomic E-state index is 11.2. The van der Waals surface area contributed by atoms with Crippen LogP contribution < -0.4 is 16.1 Å². The molecule has 0 aliphatic carbocycles. The Kier molecular flexibility index (Phi) is 3.73. The van der Waals surface area contributed by atoms with E-state index < -0.39 is 0 Å². The lowest BCUT2D eigenvalue weighted by Crippen LogP contribution is -2.28. The Morgan fingerprint density at radius 1 is 1.38 bits per heavy atom. The van der Waals surface area contributed by atoms with E-state index in [1.807, 2.05) is 11.9 Å². The molecule has 0 atom stereocenters. The molecule has 0 unspecified atom stereocenters. The SMILES string of the molecule is CN(CCCC(C)(C)C)c1c(N)c(=O)c1=S. The molecule has 0 radical (unpaired) electrons. The summed E-state index contributed by atoms with van der Waals surface area (Å²) in [7, 11) is 1.93. The Balaban J connectivity index is 2.52. The van der Waals surface area contributed by atoms with Crippen molar-refractivity contribution in [3.8, 4) is 0 Å². The van der Waals surface area contributed by atoms with Gasteiger partial charge < -0.3 is 10.6 Å². The topological polar surface area (TPSA) is 46.3 Å². The summed E-state index contributed by atoms with van der Waals surface area (Å²) >= 11 is 4.98. The zero-order chi connectivity index (χ0) is 12.5. The molecule has 0 bridgehead atoms. The first kappa shape index (κ1) is 13.2. The molecule has 0 aromatic heterocycles. The van der Waals surface area contributed by atoms with Gasteiger partial charge in [-0.15, -0.1) is 0 Å².